The number of rotatable bonds is 4. The van der Waals surface area contributed by atoms with Gasteiger partial charge < -0.3 is 5.11 Å². The van der Waals surface area contributed by atoms with E-state index >= 15 is 0 Å². The molecule has 2 aromatic rings. The number of aromatic nitrogens is 2. The van der Waals surface area contributed by atoms with Gasteiger partial charge in [0.25, 0.3) is 11.1 Å². The summed E-state index contributed by atoms with van der Waals surface area (Å²) < 4.78 is 1.27. The van der Waals surface area contributed by atoms with E-state index in [1.165, 1.54) is 22.1 Å². The molecule has 0 aliphatic heterocycles. The van der Waals surface area contributed by atoms with E-state index in [4.69, 9.17) is 5.11 Å². The predicted octanol–water partition coefficient (Wildman–Crippen LogP) is 1.36. The lowest BCUT2D eigenvalue weighted by Crippen LogP contribution is -2.33. The topological polar surface area (TPSA) is 92.2 Å². The molecule has 21 heavy (non-hydrogen) atoms. The maximum absolute atomic E-state index is 12.1. The van der Waals surface area contributed by atoms with Gasteiger partial charge in [-0.1, -0.05) is 0 Å². The molecule has 0 spiro atoms. The van der Waals surface area contributed by atoms with E-state index in [0.717, 1.165) is 16.5 Å². The van der Waals surface area contributed by atoms with Crippen LogP contribution in [0.25, 0.3) is 6.08 Å². The maximum atomic E-state index is 12.1. The first-order valence-corrected chi connectivity index (χ1v) is 7.05. The lowest BCUT2D eigenvalue weighted by atomic mass is 10.2. The van der Waals surface area contributed by atoms with Crippen molar-refractivity contribution in [1.29, 1.82) is 0 Å². The predicted molar refractivity (Wildman–Crippen MR) is 80.9 cm³/mol. The van der Waals surface area contributed by atoms with Gasteiger partial charge in [-0.15, -0.1) is 11.3 Å². The molecule has 0 aliphatic rings. The number of carboxylic acid groups (broad SMARTS) is 1. The summed E-state index contributed by atoms with van der Waals surface area (Å²) >= 11 is 1.39. The number of nitrogens with one attached hydrogen (secondary N) is 1. The van der Waals surface area contributed by atoms with Crippen molar-refractivity contribution in [1.82, 2.24) is 9.78 Å². The smallest absolute Gasteiger partial charge is 0.328 e. The summed E-state index contributed by atoms with van der Waals surface area (Å²) in [7, 11) is 0. The molecule has 0 atom stereocenters. The first kappa shape index (κ1) is 15.0. The molecule has 110 valence electrons. The fraction of sp³-hybridized carbons (Fsp3) is 0.214. The van der Waals surface area contributed by atoms with E-state index in [0.29, 0.717) is 11.1 Å². The third-order valence-electron chi connectivity index (χ3n) is 3.11. The van der Waals surface area contributed by atoms with E-state index in [1.54, 1.807) is 25.3 Å². The van der Waals surface area contributed by atoms with E-state index in [-0.39, 0.29) is 17.7 Å². The Balaban J connectivity index is 2.30. The van der Waals surface area contributed by atoms with Crippen LogP contribution in [0.15, 0.2) is 27.1 Å². The number of thiophene rings is 1. The van der Waals surface area contributed by atoms with Gasteiger partial charge in [0, 0.05) is 22.1 Å². The van der Waals surface area contributed by atoms with Crippen LogP contribution in [0.4, 0.5) is 0 Å². The molecule has 2 rings (SSSR count). The van der Waals surface area contributed by atoms with Crippen LogP contribution in [-0.2, 0) is 11.3 Å². The Morgan fingerprint density at radius 2 is 2.10 bits per heavy atom. The average Bonchev–Trinajstić information content (AvgIpc) is 2.88. The normalized spacial score (nSPS) is 11.1. The van der Waals surface area contributed by atoms with Crippen molar-refractivity contribution in [2.24, 2.45) is 0 Å². The lowest BCUT2D eigenvalue weighted by Gasteiger charge is -2.06. The van der Waals surface area contributed by atoms with Crippen LogP contribution < -0.4 is 11.1 Å². The van der Waals surface area contributed by atoms with Crippen LogP contribution in [-0.4, -0.2) is 20.9 Å². The van der Waals surface area contributed by atoms with Crippen LogP contribution in [0.2, 0.25) is 0 Å². The third kappa shape index (κ3) is 3.38. The molecule has 0 saturated heterocycles. The van der Waals surface area contributed by atoms with Crippen LogP contribution in [0.1, 0.15) is 21.6 Å². The molecular formula is C14H14N2O4S. The third-order valence-corrected chi connectivity index (χ3v) is 4.05. The molecule has 0 saturated carbocycles. The van der Waals surface area contributed by atoms with Crippen molar-refractivity contribution in [3.8, 4) is 0 Å². The number of aliphatic carboxylic acids is 1. The molecule has 7 heteroatoms. The molecular weight excluding hydrogens is 292 g/mol. The van der Waals surface area contributed by atoms with Gasteiger partial charge in [-0.25, -0.2) is 9.48 Å². The van der Waals surface area contributed by atoms with Gasteiger partial charge in [-0.2, -0.15) is 0 Å². The van der Waals surface area contributed by atoms with Crippen LogP contribution >= 0.6 is 11.3 Å². The summed E-state index contributed by atoms with van der Waals surface area (Å²) in [5, 5.41) is 12.9. The number of aromatic amines is 1. The molecule has 2 N–H and O–H groups in total. The zero-order chi connectivity index (χ0) is 15.6. The molecule has 0 amide bonds. The zero-order valence-electron chi connectivity index (χ0n) is 11.5. The first-order chi connectivity index (χ1) is 9.88. The van der Waals surface area contributed by atoms with Gasteiger partial charge in [-0.3, -0.25) is 14.7 Å². The Morgan fingerprint density at radius 1 is 1.38 bits per heavy atom. The molecule has 2 heterocycles. The lowest BCUT2D eigenvalue weighted by molar-refractivity contribution is -0.131. The van der Waals surface area contributed by atoms with E-state index < -0.39 is 5.97 Å². The van der Waals surface area contributed by atoms with E-state index in [1.807, 2.05) is 0 Å². The fourth-order valence-corrected chi connectivity index (χ4v) is 2.63. The van der Waals surface area contributed by atoms with Crippen molar-refractivity contribution in [2.75, 3.05) is 0 Å². The molecule has 0 bridgehead atoms. The maximum Gasteiger partial charge on any atom is 0.328 e. The molecule has 0 radical (unpaired) electrons. The summed E-state index contributed by atoms with van der Waals surface area (Å²) in [6.07, 6.45) is 2.53. The minimum absolute atomic E-state index is 0.233. The molecule has 0 unspecified atom stereocenters. The second-order valence-electron chi connectivity index (χ2n) is 4.60. The number of hydrogen-bond acceptors (Lipinski definition) is 4. The van der Waals surface area contributed by atoms with Crippen LogP contribution in [0.3, 0.4) is 0 Å². The van der Waals surface area contributed by atoms with Crippen LogP contribution in [0, 0.1) is 13.8 Å². The Bertz CT molecular complexity index is 826. The summed E-state index contributed by atoms with van der Waals surface area (Å²) in [5.74, 6) is -1.02. The standard InChI is InChI=1S/C14H14N2O4S/c1-8-9(2)14(20)16(15-13(8)19)6-11-5-10(7-21-11)3-4-12(17)18/h3-5,7H,6H2,1-2H3,(H,15,19)(H,17,18). The summed E-state index contributed by atoms with van der Waals surface area (Å²) in [6, 6.07) is 1.78. The van der Waals surface area contributed by atoms with Gasteiger partial charge in [-0.05, 0) is 36.9 Å². The molecule has 2 aromatic heterocycles. The number of H-pyrrole nitrogens is 1. The number of hydrogen-bond donors (Lipinski definition) is 2. The number of nitrogens with zero attached hydrogens (tertiary/aromatic N) is 1. The summed E-state index contributed by atoms with van der Waals surface area (Å²) in [6.45, 7) is 3.49. The average molecular weight is 306 g/mol. The van der Waals surface area contributed by atoms with Gasteiger partial charge in [0.2, 0.25) is 0 Å². The quantitative estimate of drug-likeness (QED) is 0.834. The second-order valence-corrected chi connectivity index (χ2v) is 5.60. The summed E-state index contributed by atoms with van der Waals surface area (Å²) in [5.41, 5.74) is 1.09. The van der Waals surface area contributed by atoms with Gasteiger partial charge >= 0.3 is 5.97 Å². The highest BCUT2D eigenvalue weighted by Gasteiger charge is 2.08. The van der Waals surface area contributed by atoms with Crippen molar-refractivity contribution >= 4 is 23.4 Å². The molecule has 0 fully saturated rings. The fourth-order valence-electron chi connectivity index (χ4n) is 1.79. The minimum Gasteiger partial charge on any atom is -0.478 e. The Labute approximate surface area is 124 Å². The monoisotopic (exact) mass is 306 g/mol. The number of carboxylic acids is 1. The van der Waals surface area contributed by atoms with Crippen molar-refractivity contribution in [3.05, 3.63) is 59.8 Å². The van der Waals surface area contributed by atoms with E-state index in [2.05, 4.69) is 5.10 Å². The van der Waals surface area contributed by atoms with Gasteiger partial charge in [0.1, 0.15) is 0 Å². The number of carbonyl (C=O) groups is 1. The van der Waals surface area contributed by atoms with Crippen molar-refractivity contribution < 1.29 is 9.90 Å². The highest BCUT2D eigenvalue weighted by Crippen LogP contribution is 2.16. The van der Waals surface area contributed by atoms with Gasteiger partial charge in [0.05, 0.1) is 6.54 Å². The highest BCUT2D eigenvalue weighted by atomic mass is 32.1. The first-order valence-electron chi connectivity index (χ1n) is 6.17. The Morgan fingerprint density at radius 3 is 2.76 bits per heavy atom. The Kier molecular flexibility index (Phi) is 4.23. The summed E-state index contributed by atoms with van der Waals surface area (Å²) in [4.78, 5) is 35.1. The van der Waals surface area contributed by atoms with Crippen LogP contribution in [0.5, 0.6) is 0 Å². The minimum atomic E-state index is -1.02. The zero-order valence-corrected chi connectivity index (χ0v) is 12.4. The van der Waals surface area contributed by atoms with Crippen molar-refractivity contribution in [2.45, 2.75) is 20.4 Å². The Hall–Kier alpha value is -2.41. The van der Waals surface area contributed by atoms with Crippen molar-refractivity contribution in [3.63, 3.8) is 0 Å². The molecule has 0 aliphatic carbocycles. The van der Waals surface area contributed by atoms with E-state index in [9.17, 15) is 14.4 Å². The SMILES string of the molecule is Cc1c(C)c(=O)n(Cc2cc(C=CC(=O)O)cs2)[nH]c1=O. The second kappa shape index (κ2) is 5.92. The largest absolute Gasteiger partial charge is 0.478 e. The highest BCUT2D eigenvalue weighted by molar-refractivity contribution is 7.10. The van der Waals surface area contributed by atoms with Gasteiger partial charge in [0.15, 0.2) is 0 Å². The molecule has 0 aromatic carbocycles. The molecule has 6 nitrogen and oxygen atoms in total.